The van der Waals surface area contributed by atoms with Gasteiger partial charge in [-0.1, -0.05) is 48.6 Å². The van der Waals surface area contributed by atoms with Crippen molar-refractivity contribution in [1.29, 1.82) is 0 Å². The molecule has 0 bridgehead atoms. The van der Waals surface area contributed by atoms with Gasteiger partial charge in [0.25, 0.3) is 0 Å². The van der Waals surface area contributed by atoms with E-state index in [0.717, 1.165) is 11.4 Å². The Labute approximate surface area is 177 Å². The van der Waals surface area contributed by atoms with Crippen LogP contribution >= 0.6 is 11.3 Å². The summed E-state index contributed by atoms with van der Waals surface area (Å²) < 4.78 is 13.1. The minimum atomic E-state index is -0.488. The Morgan fingerprint density at radius 3 is 2.67 bits per heavy atom. The Bertz CT molecular complexity index is 1040. The number of halogens is 1. The fourth-order valence-corrected chi connectivity index (χ4v) is 4.38. The highest BCUT2D eigenvalue weighted by Crippen LogP contribution is 2.28. The van der Waals surface area contributed by atoms with Crippen molar-refractivity contribution < 1.29 is 14.0 Å². The van der Waals surface area contributed by atoms with Gasteiger partial charge in [0, 0.05) is 25.1 Å². The van der Waals surface area contributed by atoms with Gasteiger partial charge in [0.1, 0.15) is 10.8 Å². The zero-order valence-corrected chi connectivity index (χ0v) is 17.2. The van der Waals surface area contributed by atoms with Gasteiger partial charge < -0.3 is 10.2 Å². The fourth-order valence-electron chi connectivity index (χ4n) is 3.51. The molecule has 4 rings (SSSR count). The van der Waals surface area contributed by atoms with E-state index in [0.29, 0.717) is 16.7 Å². The molecule has 1 aliphatic rings. The van der Waals surface area contributed by atoms with Crippen LogP contribution in [0, 0.1) is 11.7 Å². The highest BCUT2D eigenvalue weighted by Gasteiger charge is 2.35. The zero-order chi connectivity index (χ0) is 21.1. The second-order valence-corrected chi connectivity index (χ2v) is 8.45. The molecule has 30 heavy (non-hydrogen) atoms. The maximum atomic E-state index is 13.1. The number of hydrogen-bond acceptors (Lipinski definition) is 5. The van der Waals surface area contributed by atoms with Crippen LogP contribution in [0.3, 0.4) is 0 Å². The van der Waals surface area contributed by atoms with Crippen molar-refractivity contribution in [2.75, 3.05) is 16.8 Å². The van der Waals surface area contributed by atoms with Crippen LogP contribution in [0.1, 0.15) is 29.8 Å². The second kappa shape index (κ2) is 8.71. The van der Waals surface area contributed by atoms with Gasteiger partial charge in [-0.3, -0.25) is 9.59 Å². The van der Waals surface area contributed by atoms with Crippen LogP contribution in [-0.4, -0.2) is 28.6 Å². The molecule has 6 nitrogen and oxygen atoms in total. The molecule has 0 radical (unpaired) electrons. The van der Waals surface area contributed by atoms with Gasteiger partial charge in [0.2, 0.25) is 16.9 Å². The van der Waals surface area contributed by atoms with E-state index in [1.165, 1.54) is 33.9 Å². The molecule has 1 saturated heterocycles. The summed E-state index contributed by atoms with van der Waals surface area (Å²) in [6.07, 6.45) is 0.845. The number of aromatic nitrogens is 2. The lowest BCUT2D eigenvalue weighted by molar-refractivity contribution is -0.122. The monoisotopic (exact) mass is 424 g/mol. The van der Waals surface area contributed by atoms with E-state index >= 15 is 0 Å². The van der Waals surface area contributed by atoms with Gasteiger partial charge in [-0.05, 0) is 35.7 Å². The molecule has 2 aromatic carbocycles. The summed E-state index contributed by atoms with van der Waals surface area (Å²) in [4.78, 5) is 26.5. The lowest BCUT2D eigenvalue weighted by Gasteiger charge is -2.16. The van der Waals surface area contributed by atoms with E-state index in [2.05, 4.69) is 34.6 Å². The minimum Gasteiger partial charge on any atom is -0.312 e. The molecule has 0 saturated carbocycles. The predicted molar refractivity (Wildman–Crippen MR) is 114 cm³/mol. The lowest BCUT2D eigenvalue weighted by atomic mass is 9.98. The lowest BCUT2D eigenvalue weighted by Crippen LogP contribution is -2.28. The Hall–Kier alpha value is -3.13. The minimum absolute atomic E-state index is 0.111. The number of carbonyl (C=O) groups excluding carboxylic acids is 2. The van der Waals surface area contributed by atoms with Crippen molar-refractivity contribution in [3.05, 3.63) is 71.0 Å². The van der Waals surface area contributed by atoms with Crippen LogP contribution in [0.25, 0.3) is 0 Å². The van der Waals surface area contributed by atoms with Crippen LogP contribution in [-0.2, 0) is 16.0 Å². The van der Waals surface area contributed by atoms with Crippen LogP contribution in [0.5, 0.6) is 0 Å². The first-order valence-electron chi connectivity index (χ1n) is 9.73. The maximum absolute atomic E-state index is 13.1. The summed E-state index contributed by atoms with van der Waals surface area (Å²) in [6.45, 7) is 2.39. The molecule has 0 aliphatic carbocycles. The summed E-state index contributed by atoms with van der Waals surface area (Å²) in [5.41, 5.74) is 1.81. The second-order valence-electron chi connectivity index (χ2n) is 7.39. The summed E-state index contributed by atoms with van der Waals surface area (Å²) in [7, 11) is 0. The van der Waals surface area contributed by atoms with Gasteiger partial charge in [0.15, 0.2) is 0 Å². The molecule has 8 heteroatoms. The smallest absolute Gasteiger partial charge is 0.231 e. The molecule has 3 aromatic rings. The normalized spacial score (nSPS) is 17.2. The largest absolute Gasteiger partial charge is 0.312 e. The van der Waals surface area contributed by atoms with Gasteiger partial charge in [0.05, 0.1) is 5.92 Å². The number of benzene rings is 2. The molecule has 1 aliphatic heterocycles. The Balaban J connectivity index is 1.35. The fraction of sp³-hybridized carbons (Fsp3) is 0.273. The zero-order valence-electron chi connectivity index (χ0n) is 16.4. The predicted octanol–water partition coefficient (Wildman–Crippen LogP) is 4.02. The summed E-state index contributed by atoms with van der Waals surface area (Å²) >= 11 is 1.35. The van der Waals surface area contributed by atoms with Crippen LogP contribution in [0.15, 0.2) is 54.6 Å². The highest BCUT2D eigenvalue weighted by molar-refractivity contribution is 7.15. The highest BCUT2D eigenvalue weighted by atomic mass is 32.1. The molecule has 0 spiro atoms. The third-order valence-electron chi connectivity index (χ3n) is 5.18. The molecule has 1 N–H and O–H groups in total. The van der Waals surface area contributed by atoms with Crippen molar-refractivity contribution in [1.82, 2.24) is 10.2 Å². The van der Waals surface area contributed by atoms with Crippen molar-refractivity contribution in [2.45, 2.75) is 25.7 Å². The average Bonchev–Trinajstić information content (AvgIpc) is 3.35. The Kier molecular flexibility index (Phi) is 5.85. The van der Waals surface area contributed by atoms with Crippen LogP contribution in [0.2, 0.25) is 0 Å². The summed E-state index contributed by atoms with van der Waals surface area (Å²) in [5, 5.41) is 12.3. The van der Waals surface area contributed by atoms with Crippen molar-refractivity contribution in [3.63, 3.8) is 0 Å². The van der Waals surface area contributed by atoms with E-state index < -0.39 is 5.92 Å². The standard InChI is InChI=1S/C22H21FN4O2S/c1-14(15-5-3-2-4-6-15)11-19-25-26-22(30-19)24-21(29)16-12-20(28)27(13-16)18-9-7-17(23)8-10-18/h2-10,14,16H,11-13H2,1H3,(H,24,26,29)/t14-,16-/m0/s1. The Morgan fingerprint density at radius 1 is 1.20 bits per heavy atom. The molecule has 2 atom stereocenters. The van der Waals surface area contributed by atoms with E-state index in [1.807, 2.05) is 18.2 Å². The number of carbonyl (C=O) groups is 2. The molecule has 0 unspecified atom stereocenters. The molecule has 1 aromatic heterocycles. The van der Waals surface area contributed by atoms with E-state index in [9.17, 15) is 14.0 Å². The SMILES string of the molecule is C[C@@H](Cc1nnc(NC(=O)[C@H]2CC(=O)N(c3ccc(F)cc3)C2)s1)c1ccccc1. The average molecular weight is 425 g/mol. The number of nitrogens with one attached hydrogen (secondary N) is 1. The first kappa shape index (κ1) is 20.2. The summed E-state index contributed by atoms with van der Waals surface area (Å²) in [5.74, 6) is -0.978. The first-order chi connectivity index (χ1) is 14.5. The molecular weight excluding hydrogens is 403 g/mol. The van der Waals surface area contributed by atoms with E-state index in [4.69, 9.17) is 0 Å². The Morgan fingerprint density at radius 2 is 1.93 bits per heavy atom. The number of rotatable bonds is 6. The molecule has 154 valence electrons. The van der Waals surface area contributed by atoms with Crippen molar-refractivity contribution in [2.24, 2.45) is 5.92 Å². The van der Waals surface area contributed by atoms with Crippen LogP contribution < -0.4 is 10.2 Å². The number of anilines is 2. The molecule has 2 heterocycles. The van der Waals surface area contributed by atoms with E-state index in [1.54, 1.807) is 12.1 Å². The third kappa shape index (κ3) is 4.54. The topological polar surface area (TPSA) is 75.2 Å². The first-order valence-corrected chi connectivity index (χ1v) is 10.6. The third-order valence-corrected chi connectivity index (χ3v) is 6.04. The number of hydrogen-bond donors (Lipinski definition) is 1. The van der Waals surface area contributed by atoms with Crippen molar-refractivity contribution in [3.8, 4) is 0 Å². The van der Waals surface area contributed by atoms with E-state index in [-0.39, 0.29) is 30.6 Å². The quantitative estimate of drug-likeness (QED) is 0.649. The van der Waals surface area contributed by atoms with Crippen LogP contribution in [0.4, 0.5) is 15.2 Å². The summed E-state index contributed by atoms with van der Waals surface area (Å²) in [6, 6.07) is 15.9. The molecule has 1 fully saturated rings. The molecule has 2 amide bonds. The maximum Gasteiger partial charge on any atom is 0.231 e. The van der Waals surface area contributed by atoms with Gasteiger partial charge in [-0.2, -0.15) is 0 Å². The number of nitrogens with zero attached hydrogens (tertiary/aromatic N) is 3. The van der Waals surface area contributed by atoms with Crippen molar-refractivity contribution >= 4 is 34.0 Å². The molecular formula is C22H21FN4O2S. The number of amides is 2. The van der Waals surface area contributed by atoms with Gasteiger partial charge in [-0.25, -0.2) is 4.39 Å². The van der Waals surface area contributed by atoms with Gasteiger partial charge >= 0.3 is 0 Å². The van der Waals surface area contributed by atoms with Gasteiger partial charge in [-0.15, -0.1) is 10.2 Å².